The molecule has 22 heavy (non-hydrogen) atoms. The summed E-state index contributed by atoms with van der Waals surface area (Å²) in [6, 6.07) is 14.5. The fourth-order valence-corrected chi connectivity index (χ4v) is 2.34. The van der Waals surface area contributed by atoms with E-state index in [1.54, 1.807) is 25.4 Å². The van der Waals surface area contributed by atoms with E-state index in [1.807, 2.05) is 30.3 Å². The summed E-state index contributed by atoms with van der Waals surface area (Å²) in [6.45, 7) is 0. The summed E-state index contributed by atoms with van der Waals surface area (Å²) >= 11 is 0. The van der Waals surface area contributed by atoms with E-state index in [1.165, 1.54) is 6.07 Å². The first kappa shape index (κ1) is 14.0. The normalized spacial score (nSPS) is 10.6. The number of nitrogens with zero attached hydrogens (tertiary/aromatic N) is 2. The molecule has 0 N–H and O–H groups in total. The summed E-state index contributed by atoms with van der Waals surface area (Å²) in [5.41, 5.74) is 2.07. The van der Waals surface area contributed by atoms with Gasteiger partial charge in [0, 0.05) is 35.8 Å². The molecule has 0 atom stereocenters. The van der Waals surface area contributed by atoms with Gasteiger partial charge in [-0.1, -0.05) is 12.1 Å². The van der Waals surface area contributed by atoms with Crippen LogP contribution in [0.3, 0.4) is 0 Å². The Morgan fingerprint density at radius 3 is 2.55 bits per heavy atom. The van der Waals surface area contributed by atoms with Crippen LogP contribution in [-0.2, 0) is 6.42 Å². The van der Waals surface area contributed by atoms with E-state index in [9.17, 15) is 10.1 Å². The van der Waals surface area contributed by atoms with Gasteiger partial charge in [0.05, 0.1) is 12.0 Å². The Balaban J connectivity index is 1.91. The average Bonchev–Trinajstić information content (AvgIpc) is 2.55. The lowest BCUT2D eigenvalue weighted by atomic mass is 10.1. The van der Waals surface area contributed by atoms with Gasteiger partial charge in [0.25, 0.3) is 5.69 Å². The highest BCUT2D eigenvalue weighted by Gasteiger charge is 2.07. The summed E-state index contributed by atoms with van der Waals surface area (Å²) < 4.78 is 5.13. The number of nitro groups is 1. The first-order chi connectivity index (χ1) is 10.7. The molecule has 0 unspecified atom stereocenters. The Bertz CT molecular complexity index is 829. The third-order valence-corrected chi connectivity index (χ3v) is 3.52. The van der Waals surface area contributed by atoms with Gasteiger partial charge in [-0.15, -0.1) is 0 Å². The molecule has 110 valence electrons. The molecule has 5 nitrogen and oxygen atoms in total. The van der Waals surface area contributed by atoms with Crippen LogP contribution in [0.1, 0.15) is 11.3 Å². The number of benzene rings is 2. The van der Waals surface area contributed by atoms with Crippen molar-refractivity contribution in [3.63, 3.8) is 0 Å². The number of rotatable bonds is 4. The molecule has 0 bridgehead atoms. The largest absolute Gasteiger partial charge is 0.497 e. The number of nitro benzene ring substituents is 1. The number of non-ortho nitro benzene ring substituents is 1. The predicted octanol–water partition coefficient (Wildman–Crippen LogP) is 3.74. The fourth-order valence-electron chi connectivity index (χ4n) is 2.34. The Morgan fingerprint density at radius 2 is 1.86 bits per heavy atom. The van der Waals surface area contributed by atoms with E-state index in [-0.39, 0.29) is 10.6 Å². The number of methoxy groups -OCH3 is 1. The van der Waals surface area contributed by atoms with Gasteiger partial charge < -0.3 is 4.74 Å². The van der Waals surface area contributed by atoms with Crippen molar-refractivity contribution < 1.29 is 9.66 Å². The highest BCUT2D eigenvalue weighted by atomic mass is 16.6. The molecule has 0 spiro atoms. The minimum Gasteiger partial charge on any atom is -0.497 e. The lowest BCUT2D eigenvalue weighted by Gasteiger charge is -2.05. The Morgan fingerprint density at radius 1 is 1.09 bits per heavy atom. The van der Waals surface area contributed by atoms with Gasteiger partial charge in [0.15, 0.2) is 0 Å². The molecule has 0 fully saturated rings. The number of ether oxygens (including phenoxy) is 1. The zero-order chi connectivity index (χ0) is 15.5. The van der Waals surface area contributed by atoms with Gasteiger partial charge in [-0.05, 0) is 35.2 Å². The lowest BCUT2D eigenvalue weighted by molar-refractivity contribution is -0.384. The quantitative estimate of drug-likeness (QED) is 0.543. The van der Waals surface area contributed by atoms with Crippen LogP contribution in [0.15, 0.2) is 54.7 Å². The zero-order valence-corrected chi connectivity index (χ0v) is 12.0. The molecular weight excluding hydrogens is 280 g/mol. The standard InChI is InChI=1S/C17H14N2O3/c1-22-17-6-2-12(3-7-17)8-15-9-14-10-16(19(20)21)5-4-13(14)11-18-15/h2-7,9-11H,8H2,1H3. The van der Waals surface area contributed by atoms with Crippen molar-refractivity contribution in [2.75, 3.05) is 7.11 Å². The molecule has 0 amide bonds. The summed E-state index contributed by atoms with van der Waals surface area (Å²) in [5, 5.41) is 12.6. The average molecular weight is 294 g/mol. The van der Waals surface area contributed by atoms with E-state index in [4.69, 9.17) is 4.74 Å². The van der Waals surface area contributed by atoms with E-state index >= 15 is 0 Å². The van der Waals surface area contributed by atoms with Crippen LogP contribution in [0.5, 0.6) is 5.75 Å². The van der Waals surface area contributed by atoms with Gasteiger partial charge in [0.1, 0.15) is 5.75 Å². The summed E-state index contributed by atoms with van der Waals surface area (Å²) in [5.74, 6) is 0.811. The number of fused-ring (bicyclic) bond motifs is 1. The highest BCUT2D eigenvalue weighted by Crippen LogP contribution is 2.22. The highest BCUT2D eigenvalue weighted by molar-refractivity contribution is 5.84. The van der Waals surface area contributed by atoms with Gasteiger partial charge in [-0.25, -0.2) is 0 Å². The Hall–Kier alpha value is -2.95. The van der Waals surface area contributed by atoms with Gasteiger partial charge in [-0.2, -0.15) is 0 Å². The van der Waals surface area contributed by atoms with Crippen LogP contribution in [0.25, 0.3) is 10.8 Å². The first-order valence-electron chi connectivity index (χ1n) is 6.82. The van der Waals surface area contributed by atoms with Crippen molar-refractivity contribution >= 4 is 16.5 Å². The molecule has 0 saturated heterocycles. The molecule has 0 saturated carbocycles. The second kappa shape index (κ2) is 5.81. The second-order valence-corrected chi connectivity index (χ2v) is 4.99. The summed E-state index contributed by atoms with van der Waals surface area (Å²) in [4.78, 5) is 14.9. The predicted molar refractivity (Wildman–Crippen MR) is 84.2 cm³/mol. The first-order valence-corrected chi connectivity index (χ1v) is 6.82. The van der Waals surface area contributed by atoms with Crippen molar-refractivity contribution in [2.24, 2.45) is 0 Å². The molecule has 0 aliphatic rings. The van der Waals surface area contributed by atoms with Crippen molar-refractivity contribution in [1.82, 2.24) is 4.98 Å². The molecule has 3 aromatic rings. The molecule has 1 aromatic heterocycles. The molecule has 3 rings (SSSR count). The maximum absolute atomic E-state index is 10.9. The minimum absolute atomic E-state index is 0.0918. The molecule has 5 heteroatoms. The minimum atomic E-state index is -0.386. The maximum Gasteiger partial charge on any atom is 0.270 e. The van der Waals surface area contributed by atoms with E-state index in [0.29, 0.717) is 6.42 Å². The van der Waals surface area contributed by atoms with E-state index < -0.39 is 0 Å². The third kappa shape index (κ3) is 2.88. The van der Waals surface area contributed by atoms with Crippen LogP contribution >= 0.6 is 0 Å². The summed E-state index contributed by atoms with van der Waals surface area (Å²) in [7, 11) is 1.63. The van der Waals surface area contributed by atoms with Gasteiger partial charge >= 0.3 is 0 Å². The molecule has 0 aliphatic carbocycles. The van der Waals surface area contributed by atoms with Crippen molar-refractivity contribution in [3.05, 3.63) is 76.1 Å². The molecular formula is C17H14N2O3. The SMILES string of the molecule is COc1ccc(Cc2cc3cc([N+](=O)[O-])ccc3cn2)cc1. The smallest absolute Gasteiger partial charge is 0.270 e. The monoisotopic (exact) mass is 294 g/mol. The van der Waals surface area contributed by atoms with Crippen molar-refractivity contribution in [3.8, 4) is 5.75 Å². The fraction of sp³-hybridized carbons (Fsp3) is 0.118. The third-order valence-electron chi connectivity index (χ3n) is 3.52. The van der Waals surface area contributed by atoms with Crippen LogP contribution in [0, 0.1) is 10.1 Å². The number of pyridine rings is 1. The topological polar surface area (TPSA) is 65.3 Å². The van der Waals surface area contributed by atoms with Crippen LogP contribution in [-0.4, -0.2) is 17.0 Å². The summed E-state index contributed by atoms with van der Waals surface area (Å²) in [6.07, 6.45) is 2.42. The second-order valence-electron chi connectivity index (χ2n) is 4.99. The molecule has 1 heterocycles. The Labute approximate surface area is 127 Å². The van der Waals surface area contributed by atoms with Crippen LogP contribution in [0.4, 0.5) is 5.69 Å². The van der Waals surface area contributed by atoms with E-state index in [2.05, 4.69) is 4.98 Å². The van der Waals surface area contributed by atoms with Gasteiger partial charge in [-0.3, -0.25) is 15.1 Å². The Kier molecular flexibility index (Phi) is 3.70. The van der Waals surface area contributed by atoms with Crippen molar-refractivity contribution in [2.45, 2.75) is 6.42 Å². The zero-order valence-electron chi connectivity index (χ0n) is 12.0. The van der Waals surface area contributed by atoms with E-state index in [0.717, 1.165) is 27.8 Å². The van der Waals surface area contributed by atoms with Crippen molar-refractivity contribution in [1.29, 1.82) is 0 Å². The number of aromatic nitrogens is 1. The number of hydrogen-bond donors (Lipinski definition) is 0. The van der Waals surface area contributed by atoms with Crippen LogP contribution in [0.2, 0.25) is 0 Å². The number of hydrogen-bond acceptors (Lipinski definition) is 4. The molecule has 2 aromatic carbocycles. The molecule has 0 radical (unpaired) electrons. The van der Waals surface area contributed by atoms with Crippen LogP contribution < -0.4 is 4.74 Å². The van der Waals surface area contributed by atoms with Gasteiger partial charge in [0.2, 0.25) is 0 Å². The lowest BCUT2D eigenvalue weighted by Crippen LogP contribution is -1.93. The molecule has 0 aliphatic heterocycles. The maximum atomic E-state index is 10.9.